The Kier molecular flexibility index (Phi) is 2.63. The number of hydrogen-bond donors (Lipinski definition) is 2. The first kappa shape index (κ1) is 9.77. The average Bonchev–Trinajstić information content (AvgIpc) is 2.80. The lowest BCUT2D eigenvalue weighted by Crippen LogP contribution is -2.14. The third-order valence-electron chi connectivity index (χ3n) is 2.88. The van der Waals surface area contributed by atoms with Crippen LogP contribution in [0.5, 0.6) is 0 Å². The van der Waals surface area contributed by atoms with Crippen LogP contribution in [0.25, 0.3) is 0 Å². The number of hydrogen-bond acceptors (Lipinski definition) is 4. The van der Waals surface area contributed by atoms with E-state index in [4.69, 9.17) is 5.73 Å². The summed E-state index contributed by atoms with van der Waals surface area (Å²) in [5, 5.41) is 5.13. The first-order chi connectivity index (χ1) is 6.74. The fourth-order valence-corrected chi connectivity index (χ4v) is 2.43. The van der Waals surface area contributed by atoms with E-state index in [2.05, 4.69) is 17.2 Å². The molecule has 0 saturated heterocycles. The molecule has 0 amide bonds. The largest absolute Gasteiger partial charge is 0.389 e. The summed E-state index contributed by atoms with van der Waals surface area (Å²) in [7, 11) is 0. The number of nitrogen functional groups attached to an aromatic ring is 1. The molecule has 1 saturated carbocycles. The molecule has 3 nitrogen and oxygen atoms in total. The minimum Gasteiger partial charge on any atom is -0.389 e. The zero-order valence-electron chi connectivity index (χ0n) is 8.55. The molecule has 0 unspecified atom stereocenters. The van der Waals surface area contributed by atoms with E-state index < -0.39 is 0 Å². The third-order valence-corrected chi connectivity index (χ3v) is 3.66. The highest BCUT2D eigenvalue weighted by atomic mass is 32.1. The van der Waals surface area contributed by atoms with Gasteiger partial charge in [0.25, 0.3) is 0 Å². The summed E-state index contributed by atoms with van der Waals surface area (Å²) >= 11 is 1.53. The molecular weight excluding hydrogens is 194 g/mol. The van der Waals surface area contributed by atoms with E-state index >= 15 is 0 Å². The summed E-state index contributed by atoms with van der Waals surface area (Å²) in [6, 6.07) is 0. The highest BCUT2D eigenvalue weighted by Crippen LogP contribution is 2.49. The second-order valence-electron chi connectivity index (χ2n) is 4.17. The highest BCUT2D eigenvalue weighted by Gasteiger charge is 2.41. The molecule has 4 heteroatoms. The van der Waals surface area contributed by atoms with Crippen LogP contribution in [0.15, 0.2) is 6.20 Å². The van der Waals surface area contributed by atoms with Crippen molar-refractivity contribution in [1.29, 1.82) is 0 Å². The van der Waals surface area contributed by atoms with Crippen molar-refractivity contribution in [3.8, 4) is 0 Å². The Bertz CT molecular complexity index is 304. The van der Waals surface area contributed by atoms with E-state index in [1.807, 2.05) is 0 Å². The van der Waals surface area contributed by atoms with Gasteiger partial charge in [-0.3, -0.25) is 0 Å². The molecule has 1 heterocycles. The third kappa shape index (κ3) is 2.18. The van der Waals surface area contributed by atoms with Crippen molar-refractivity contribution in [2.45, 2.75) is 32.6 Å². The van der Waals surface area contributed by atoms with Crippen molar-refractivity contribution in [2.24, 2.45) is 5.41 Å². The second kappa shape index (κ2) is 3.77. The van der Waals surface area contributed by atoms with Gasteiger partial charge in [0.1, 0.15) is 5.00 Å². The number of nitrogens with one attached hydrogen (secondary N) is 1. The monoisotopic (exact) mass is 211 g/mol. The number of thiazole rings is 1. The molecular formula is C10H17N3S. The van der Waals surface area contributed by atoms with Gasteiger partial charge < -0.3 is 11.1 Å². The van der Waals surface area contributed by atoms with Crippen LogP contribution in [0.1, 0.15) is 32.6 Å². The van der Waals surface area contributed by atoms with Crippen LogP contribution in [0.3, 0.4) is 0 Å². The van der Waals surface area contributed by atoms with E-state index in [9.17, 15) is 0 Å². The van der Waals surface area contributed by atoms with Crippen LogP contribution in [0.4, 0.5) is 10.1 Å². The molecule has 2 rings (SSSR count). The molecule has 0 aromatic carbocycles. The maximum atomic E-state index is 5.61. The Morgan fingerprint density at radius 1 is 1.64 bits per heavy atom. The normalized spacial score (nSPS) is 18.1. The maximum Gasteiger partial charge on any atom is 0.184 e. The van der Waals surface area contributed by atoms with Gasteiger partial charge in [-0.1, -0.05) is 24.7 Å². The topological polar surface area (TPSA) is 50.9 Å². The van der Waals surface area contributed by atoms with Gasteiger partial charge in [0.15, 0.2) is 5.13 Å². The zero-order valence-corrected chi connectivity index (χ0v) is 9.36. The van der Waals surface area contributed by atoms with Gasteiger partial charge in [0.05, 0.1) is 6.20 Å². The van der Waals surface area contributed by atoms with Crippen molar-refractivity contribution in [3.63, 3.8) is 0 Å². The molecule has 1 aromatic rings. The summed E-state index contributed by atoms with van der Waals surface area (Å²) in [6.07, 6.45) is 7.07. The van der Waals surface area contributed by atoms with E-state index in [1.165, 1.54) is 37.0 Å². The Morgan fingerprint density at radius 2 is 2.43 bits per heavy atom. The molecule has 3 N–H and O–H groups in total. The number of aromatic nitrogens is 1. The van der Waals surface area contributed by atoms with E-state index in [-0.39, 0.29) is 0 Å². The Hall–Kier alpha value is -0.770. The molecule has 1 aliphatic rings. The van der Waals surface area contributed by atoms with Crippen LogP contribution in [0.2, 0.25) is 0 Å². The molecule has 0 atom stereocenters. The van der Waals surface area contributed by atoms with Gasteiger partial charge in [-0.25, -0.2) is 4.98 Å². The molecule has 78 valence electrons. The minimum absolute atomic E-state index is 0.579. The first-order valence-corrected chi connectivity index (χ1v) is 6.01. The van der Waals surface area contributed by atoms with E-state index in [1.54, 1.807) is 6.20 Å². The first-order valence-electron chi connectivity index (χ1n) is 5.19. The predicted molar refractivity (Wildman–Crippen MR) is 61.6 cm³/mol. The fourth-order valence-electron chi connectivity index (χ4n) is 1.85. The number of anilines is 2. The summed E-state index contributed by atoms with van der Waals surface area (Å²) < 4.78 is 0. The molecule has 1 aliphatic carbocycles. The van der Waals surface area contributed by atoms with Crippen molar-refractivity contribution in [1.82, 2.24) is 4.98 Å². The quantitative estimate of drug-likeness (QED) is 0.787. The second-order valence-corrected chi connectivity index (χ2v) is 5.23. The lowest BCUT2D eigenvalue weighted by atomic mass is 10.0. The smallest absolute Gasteiger partial charge is 0.184 e. The molecule has 0 spiro atoms. The van der Waals surface area contributed by atoms with Gasteiger partial charge in [0, 0.05) is 6.54 Å². The lowest BCUT2D eigenvalue weighted by Gasteiger charge is -2.13. The number of nitrogens with two attached hydrogens (primary N) is 1. The van der Waals surface area contributed by atoms with Crippen LogP contribution in [-0.4, -0.2) is 11.5 Å². The number of nitrogens with zero attached hydrogens (tertiary/aromatic N) is 1. The molecule has 1 aromatic heterocycles. The molecule has 0 bridgehead atoms. The minimum atomic E-state index is 0.579. The van der Waals surface area contributed by atoms with E-state index in [0.717, 1.165) is 16.7 Å². The van der Waals surface area contributed by atoms with Gasteiger partial charge >= 0.3 is 0 Å². The molecule has 14 heavy (non-hydrogen) atoms. The van der Waals surface area contributed by atoms with Crippen LogP contribution in [0, 0.1) is 5.41 Å². The predicted octanol–water partition coefficient (Wildman–Crippen LogP) is 2.72. The summed E-state index contributed by atoms with van der Waals surface area (Å²) in [4.78, 5) is 4.19. The van der Waals surface area contributed by atoms with Crippen molar-refractivity contribution >= 4 is 21.5 Å². The van der Waals surface area contributed by atoms with E-state index in [0.29, 0.717) is 5.41 Å². The Balaban J connectivity index is 1.82. The Morgan fingerprint density at radius 3 is 2.93 bits per heavy atom. The maximum absolute atomic E-state index is 5.61. The summed E-state index contributed by atoms with van der Waals surface area (Å²) in [5.74, 6) is 0. The molecule has 1 fully saturated rings. The van der Waals surface area contributed by atoms with Crippen LogP contribution < -0.4 is 11.1 Å². The SMILES string of the molecule is CCCC1(CNc2ncc(N)s2)CC1. The molecule has 0 radical (unpaired) electrons. The van der Waals surface area contributed by atoms with Crippen LogP contribution in [-0.2, 0) is 0 Å². The summed E-state index contributed by atoms with van der Waals surface area (Å²) in [6.45, 7) is 3.31. The standard InChI is InChI=1S/C10H17N3S/c1-2-3-10(4-5-10)7-13-9-12-6-8(11)14-9/h6H,2-5,7,11H2,1H3,(H,12,13). The lowest BCUT2D eigenvalue weighted by molar-refractivity contribution is 0.485. The van der Waals surface area contributed by atoms with Crippen LogP contribution >= 0.6 is 11.3 Å². The Labute approximate surface area is 88.7 Å². The van der Waals surface area contributed by atoms with Gasteiger partial charge in [-0.05, 0) is 24.7 Å². The number of rotatable bonds is 5. The average molecular weight is 211 g/mol. The van der Waals surface area contributed by atoms with Crippen molar-refractivity contribution < 1.29 is 0 Å². The fraction of sp³-hybridized carbons (Fsp3) is 0.700. The van der Waals surface area contributed by atoms with Crippen molar-refractivity contribution in [3.05, 3.63) is 6.20 Å². The van der Waals surface area contributed by atoms with Gasteiger partial charge in [-0.15, -0.1) is 0 Å². The summed E-state index contributed by atoms with van der Waals surface area (Å²) in [5.41, 5.74) is 6.19. The van der Waals surface area contributed by atoms with Gasteiger partial charge in [0.2, 0.25) is 0 Å². The molecule has 0 aliphatic heterocycles. The zero-order chi connectivity index (χ0) is 10.0. The van der Waals surface area contributed by atoms with Gasteiger partial charge in [-0.2, -0.15) is 0 Å². The van der Waals surface area contributed by atoms with Crippen molar-refractivity contribution in [2.75, 3.05) is 17.6 Å². The highest BCUT2D eigenvalue weighted by molar-refractivity contribution is 7.19.